The van der Waals surface area contributed by atoms with Crippen LogP contribution < -0.4 is 5.73 Å². The van der Waals surface area contributed by atoms with E-state index in [4.69, 9.17) is 10.2 Å². The van der Waals surface area contributed by atoms with Gasteiger partial charge in [-0.25, -0.2) is 4.98 Å². The quantitative estimate of drug-likeness (QED) is 0.650. The van der Waals surface area contributed by atoms with Crippen LogP contribution in [0.15, 0.2) is 16.5 Å². The zero-order valence-electron chi connectivity index (χ0n) is 10.4. The second-order valence-electron chi connectivity index (χ2n) is 5.01. The summed E-state index contributed by atoms with van der Waals surface area (Å²) in [7, 11) is 0. The number of anilines is 1. The molecule has 0 amide bonds. The molecule has 0 radical (unpaired) electrons. The van der Waals surface area contributed by atoms with Gasteiger partial charge in [-0.2, -0.15) is 0 Å². The molecule has 1 aromatic heterocycles. The number of rotatable bonds is 2. The fourth-order valence-corrected chi connectivity index (χ4v) is 2.68. The molecule has 1 aliphatic rings. The lowest BCUT2D eigenvalue weighted by atomic mass is 10.1. The van der Waals surface area contributed by atoms with E-state index in [-0.39, 0.29) is 5.78 Å². The molecular weight excluding hydrogens is 228 g/mol. The van der Waals surface area contributed by atoms with Crippen LogP contribution in [0.3, 0.4) is 0 Å². The molecule has 1 saturated carbocycles. The van der Waals surface area contributed by atoms with Gasteiger partial charge in [-0.15, -0.1) is 0 Å². The van der Waals surface area contributed by atoms with Gasteiger partial charge in [0.15, 0.2) is 17.3 Å². The molecule has 0 aliphatic heterocycles. The van der Waals surface area contributed by atoms with Crippen molar-refractivity contribution in [2.45, 2.75) is 38.5 Å². The summed E-state index contributed by atoms with van der Waals surface area (Å²) < 4.78 is 5.81. The molecule has 1 aliphatic carbocycles. The van der Waals surface area contributed by atoms with Crippen LogP contribution in [0.2, 0.25) is 0 Å². The average Bonchev–Trinajstić information content (AvgIpc) is 2.95. The molecule has 4 heteroatoms. The van der Waals surface area contributed by atoms with E-state index in [1.54, 1.807) is 12.1 Å². The predicted octanol–water partition coefficient (Wildman–Crippen LogP) is 3.27. The summed E-state index contributed by atoms with van der Waals surface area (Å²) in [5.41, 5.74) is 8.15. The number of hydrogen-bond acceptors (Lipinski definition) is 4. The molecule has 94 valence electrons. The van der Waals surface area contributed by atoms with Gasteiger partial charge in [0.05, 0.1) is 5.56 Å². The lowest BCUT2D eigenvalue weighted by Gasteiger charge is -2.01. The average molecular weight is 244 g/mol. The van der Waals surface area contributed by atoms with E-state index in [2.05, 4.69) is 4.98 Å². The topological polar surface area (TPSA) is 69.1 Å². The maximum Gasteiger partial charge on any atom is 0.198 e. The van der Waals surface area contributed by atoms with E-state index in [0.717, 1.165) is 18.7 Å². The minimum atomic E-state index is -0.0404. The molecule has 1 fully saturated rings. The third-order valence-corrected chi connectivity index (χ3v) is 3.61. The molecule has 0 spiro atoms. The van der Waals surface area contributed by atoms with Crippen molar-refractivity contribution < 1.29 is 9.21 Å². The summed E-state index contributed by atoms with van der Waals surface area (Å²) in [5, 5.41) is 0. The minimum Gasteiger partial charge on any atom is -0.440 e. The first kappa shape index (κ1) is 11.3. The number of Topliss-reactive ketones (excluding diaryl/α,β-unsaturated/α-hetero) is 1. The molecule has 0 saturated heterocycles. The Kier molecular flexibility index (Phi) is 2.58. The first-order chi connectivity index (χ1) is 8.65. The minimum absolute atomic E-state index is 0.0404. The summed E-state index contributed by atoms with van der Waals surface area (Å²) in [4.78, 5) is 16.1. The van der Waals surface area contributed by atoms with Gasteiger partial charge < -0.3 is 10.2 Å². The van der Waals surface area contributed by atoms with Gasteiger partial charge in [0, 0.05) is 11.6 Å². The highest BCUT2D eigenvalue weighted by atomic mass is 16.3. The molecule has 2 N–H and O–H groups in total. The predicted molar refractivity (Wildman–Crippen MR) is 69.6 cm³/mol. The Balaban J connectivity index is 2.15. The van der Waals surface area contributed by atoms with Gasteiger partial charge in [0.1, 0.15) is 5.52 Å². The Hall–Kier alpha value is -1.84. The molecule has 18 heavy (non-hydrogen) atoms. The molecule has 1 heterocycles. The third-order valence-electron chi connectivity index (χ3n) is 3.61. The summed E-state index contributed by atoms with van der Waals surface area (Å²) in [5.74, 6) is 1.12. The van der Waals surface area contributed by atoms with Gasteiger partial charge in [0.2, 0.25) is 0 Å². The van der Waals surface area contributed by atoms with Crippen LogP contribution in [0.4, 0.5) is 5.69 Å². The van der Waals surface area contributed by atoms with E-state index in [1.165, 1.54) is 19.8 Å². The Bertz CT molecular complexity index is 610. The molecule has 2 aromatic rings. The van der Waals surface area contributed by atoms with Crippen molar-refractivity contribution in [3.05, 3.63) is 23.6 Å². The molecule has 0 unspecified atom stereocenters. The largest absolute Gasteiger partial charge is 0.440 e. The maximum atomic E-state index is 11.6. The van der Waals surface area contributed by atoms with Gasteiger partial charge in [-0.3, -0.25) is 4.79 Å². The molecule has 3 rings (SSSR count). The zero-order valence-corrected chi connectivity index (χ0v) is 10.4. The third kappa shape index (κ3) is 1.78. The van der Waals surface area contributed by atoms with Crippen molar-refractivity contribution in [2.24, 2.45) is 0 Å². The van der Waals surface area contributed by atoms with Crippen molar-refractivity contribution in [1.29, 1.82) is 0 Å². The summed E-state index contributed by atoms with van der Waals surface area (Å²) >= 11 is 0. The standard InChI is InChI=1S/C14H16N2O2/c1-8(17)11-6-10(15)7-12-13(11)18-14(16-12)9-4-2-3-5-9/h6-7,9H,2-5,15H2,1H3. The Morgan fingerprint density at radius 2 is 2.11 bits per heavy atom. The van der Waals surface area contributed by atoms with Crippen molar-refractivity contribution in [2.75, 3.05) is 5.73 Å². The molecule has 0 bridgehead atoms. The molecule has 4 nitrogen and oxygen atoms in total. The first-order valence-electron chi connectivity index (χ1n) is 6.36. The van der Waals surface area contributed by atoms with Gasteiger partial charge >= 0.3 is 0 Å². The van der Waals surface area contributed by atoms with Crippen LogP contribution >= 0.6 is 0 Å². The number of carbonyl (C=O) groups excluding carboxylic acids is 1. The first-order valence-corrected chi connectivity index (χ1v) is 6.36. The number of ketones is 1. The number of oxazole rings is 1. The summed E-state index contributed by atoms with van der Waals surface area (Å²) in [6, 6.07) is 3.43. The normalized spacial score (nSPS) is 16.5. The van der Waals surface area contributed by atoms with E-state index < -0.39 is 0 Å². The number of fused-ring (bicyclic) bond motifs is 1. The number of nitrogen functional groups attached to an aromatic ring is 1. The van der Waals surface area contributed by atoms with Crippen molar-refractivity contribution >= 4 is 22.6 Å². The van der Waals surface area contributed by atoms with Gasteiger partial charge in [-0.05, 0) is 31.9 Å². The SMILES string of the molecule is CC(=O)c1cc(N)cc2nc(C3CCCC3)oc12. The fraction of sp³-hybridized carbons (Fsp3) is 0.429. The van der Waals surface area contributed by atoms with Crippen LogP contribution in [0, 0.1) is 0 Å². The number of carbonyl (C=O) groups is 1. The highest BCUT2D eigenvalue weighted by Gasteiger charge is 2.23. The van der Waals surface area contributed by atoms with E-state index >= 15 is 0 Å². The molecule has 1 aromatic carbocycles. The van der Waals surface area contributed by atoms with E-state index in [1.807, 2.05) is 0 Å². The van der Waals surface area contributed by atoms with Crippen LogP contribution in [-0.2, 0) is 0 Å². The lowest BCUT2D eigenvalue weighted by Crippen LogP contribution is -1.95. The molecule has 0 atom stereocenters. The summed E-state index contributed by atoms with van der Waals surface area (Å²) in [6.45, 7) is 1.52. The highest BCUT2D eigenvalue weighted by molar-refractivity contribution is 6.05. The number of hydrogen-bond donors (Lipinski definition) is 1. The summed E-state index contributed by atoms with van der Waals surface area (Å²) in [6.07, 6.45) is 4.70. The van der Waals surface area contributed by atoms with Crippen LogP contribution in [0.1, 0.15) is 54.8 Å². The Morgan fingerprint density at radius 3 is 2.78 bits per heavy atom. The molecular formula is C14H16N2O2. The van der Waals surface area contributed by atoms with Crippen LogP contribution in [-0.4, -0.2) is 10.8 Å². The van der Waals surface area contributed by atoms with Crippen molar-refractivity contribution in [3.8, 4) is 0 Å². The van der Waals surface area contributed by atoms with Crippen molar-refractivity contribution in [3.63, 3.8) is 0 Å². The van der Waals surface area contributed by atoms with Crippen LogP contribution in [0.25, 0.3) is 11.1 Å². The Labute approximate surface area is 105 Å². The number of nitrogens with two attached hydrogens (primary N) is 1. The van der Waals surface area contributed by atoms with Crippen molar-refractivity contribution in [1.82, 2.24) is 4.98 Å². The van der Waals surface area contributed by atoms with E-state index in [9.17, 15) is 4.79 Å². The van der Waals surface area contributed by atoms with Crippen LogP contribution in [0.5, 0.6) is 0 Å². The monoisotopic (exact) mass is 244 g/mol. The van der Waals surface area contributed by atoms with Gasteiger partial charge in [0.25, 0.3) is 0 Å². The number of nitrogens with zero attached hydrogens (tertiary/aromatic N) is 1. The number of benzene rings is 1. The fourth-order valence-electron chi connectivity index (χ4n) is 2.68. The second-order valence-corrected chi connectivity index (χ2v) is 5.01. The van der Waals surface area contributed by atoms with E-state index in [0.29, 0.717) is 28.3 Å². The second kappa shape index (κ2) is 4.12. The zero-order chi connectivity index (χ0) is 12.7. The van der Waals surface area contributed by atoms with Gasteiger partial charge in [-0.1, -0.05) is 12.8 Å². The highest BCUT2D eigenvalue weighted by Crippen LogP contribution is 2.36. The smallest absolute Gasteiger partial charge is 0.198 e. The number of aromatic nitrogens is 1. The maximum absolute atomic E-state index is 11.6. The Morgan fingerprint density at radius 1 is 1.39 bits per heavy atom. The lowest BCUT2D eigenvalue weighted by molar-refractivity contribution is 0.101.